The summed E-state index contributed by atoms with van der Waals surface area (Å²) in [6, 6.07) is 8.44. The standard InChI is InChI=1S/C28H29ClFN7O2/c1-35-10-11-37(27(35)39)26-22(30)12-18(21-4-2-3-5-24(21)38)14-28(26,29)20-13-23(36-8-6-31-7-9-36)25(32-17-20)19-15-33-34-16-19/h2-5,12-13,15-17,31,38H,6-11,14H2,1H3,(H,33,34). The van der Waals surface area contributed by atoms with E-state index in [1.807, 2.05) is 6.07 Å². The number of phenolic OH excluding ortho intramolecular Hbond substituents is 1. The Morgan fingerprint density at radius 1 is 1.13 bits per heavy atom. The summed E-state index contributed by atoms with van der Waals surface area (Å²) in [5, 5.41) is 20.9. The molecule has 39 heavy (non-hydrogen) atoms. The van der Waals surface area contributed by atoms with Crippen LogP contribution in [-0.4, -0.2) is 82.4 Å². The van der Waals surface area contributed by atoms with Gasteiger partial charge in [0.2, 0.25) is 0 Å². The van der Waals surface area contributed by atoms with E-state index in [2.05, 4.69) is 20.4 Å². The van der Waals surface area contributed by atoms with Crippen molar-refractivity contribution in [2.75, 3.05) is 51.2 Å². The number of aromatic hydroxyl groups is 1. The van der Waals surface area contributed by atoms with Gasteiger partial charge in [0.25, 0.3) is 0 Å². The third-order valence-electron chi connectivity index (χ3n) is 7.63. The fraction of sp³-hybridized carbons (Fsp3) is 0.321. The summed E-state index contributed by atoms with van der Waals surface area (Å²) in [5.74, 6) is -0.577. The lowest BCUT2D eigenvalue weighted by Gasteiger charge is -2.39. The van der Waals surface area contributed by atoms with E-state index in [0.29, 0.717) is 29.8 Å². The van der Waals surface area contributed by atoms with E-state index in [1.54, 1.807) is 54.8 Å². The molecule has 2 fully saturated rings. The van der Waals surface area contributed by atoms with E-state index in [0.717, 1.165) is 43.1 Å². The molecule has 9 nitrogen and oxygen atoms in total. The van der Waals surface area contributed by atoms with Crippen molar-refractivity contribution in [2.45, 2.75) is 11.3 Å². The zero-order chi connectivity index (χ0) is 27.1. The Balaban J connectivity index is 1.52. The largest absolute Gasteiger partial charge is 0.507 e. The second-order valence-electron chi connectivity index (χ2n) is 10.0. The van der Waals surface area contributed by atoms with Gasteiger partial charge < -0.3 is 20.2 Å². The van der Waals surface area contributed by atoms with Gasteiger partial charge in [0, 0.05) is 76.3 Å². The summed E-state index contributed by atoms with van der Waals surface area (Å²) >= 11 is 7.52. The number of benzene rings is 1. The number of halogens is 2. The first kappa shape index (κ1) is 25.4. The van der Waals surface area contributed by atoms with Crippen LogP contribution in [0.5, 0.6) is 5.75 Å². The molecule has 2 saturated heterocycles. The van der Waals surface area contributed by atoms with E-state index >= 15 is 4.39 Å². The summed E-state index contributed by atoms with van der Waals surface area (Å²) in [7, 11) is 1.69. The number of aromatic amines is 1. The monoisotopic (exact) mass is 549 g/mol. The number of phenols is 1. The van der Waals surface area contributed by atoms with Crippen LogP contribution in [0.3, 0.4) is 0 Å². The number of hydrogen-bond acceptors (Lipinski definition) is 6. The van der Waals surface area contributed by atoms with Crippen LogP contribution >= 0.6 is 11.6 Å². The minimum atomic E-state index is -1.46. The Kier molecular flexibility index (Phi) is 6.52. The van der Waals surface area contributed by atoms with Gasteiger partial charge in [-0.05, 0) is 29.3 Å². The first-order valence-electron chi connectivity index (χ1n) is 12.9. The van der Waals surface area contributed by atoms with Crippen LogP contribution in [0.4, 0.5) is 14.9 Å². The number of hydrogen-bond donors (Lipinski definition) is 3. The summed E-state index contributed by atoms with van der Waals surface area (Å²) in [6.07, 6.45) is 6.69. The quantitative estimate of drug-likeness (QED) is 0.415. The lowest BCUT2D eigenvalue weighted by atomic mass is 9.81. The smallest absolute Gasteiger partial charge is 0.324 e. The lowest BCUT2D eigenvalue weighted by molar-refractivity contribution is 0.203. The summed E-state index contributed by atoms with van der Waals surface area (Å²) in [6.45, 7) is 3.94. The second kappa shape index (κ2) is 10.0. The highest BCUT2D eigenvalue weighted by Crippen LogP contribution is 2.52. The van der Waals surface area contributed by atoms with Crippen molar-refractivity contribution in [1.82, 2.24) is 30.3 Å². The molecule has 3 aromatic rings. The van der Waals surface area contributed by atoms with Gasteiger partial charge in [0.1, 0.15) is 16.5 Å². The van der Waals surface area contributed by atoms with Crippen molar-refractivity contribution in [3.05, 3.63) is 77.6 Å². The van der Waals surface area contributed by atoms with Crippen molar-refractivity contribution in [3.8, 4) is 17.0 Å². The van der Waals surface area contributed by atoms with Gasteiger partial charge in [-0.1, -0.05) is 18.2 Å². The topological polar surface area (TPSA) is 101 Å². The van der Waals surface area contributed by atoms with E-state index in [1.165, 1.54) is 11.0 Å². The third-order valence-corrected chi connectivity index (χ3v) is 8.16. The third kappa shape index (κ3) is 4.43. The molecule has 3 N–H and O–H groups in total. The number of urea groups is 1. The number of nitrogens with zero attached hydrogens (tertiary/aromatic N) is 5. The predicted octanol–water partition coefficient (Wildman–Crippen LogP) is 4.06. The lowest BCUT2D eigenvalue weighted by Crippen LogP contribution is -2.44. The molecule has 0 radical (unpaired) electrons. The van der Waals surface area contributed by atoms with Crippen LogP contribution in [0.25, 0.3) is 16.8 Å². The minimum absolute atomic E-state index is 0.0333. The van der Waals surface area contributed by atoms with Crippen LogP contribution in [0.2, 0.25) is 0 Å². The van der Waals surface area contributed by atoms with Crippen LogP contribution in [0, 0.1) is 0 Å². The number of para-hydroxylation sites is 1. The molecule has 3 aliphatic rings. The number of carbonyl (C=O) groups excluding carboxylic acids is 1. The van der Waals surface area contributed by atoms with Gasteiger partial charge in [0.05, 0.1) is 23.3 Å². The molecule has 2 aromatic heterocycles. The van der Waals surface area contributed by atoms with Crippen molar-refractivity contribution in [2.24, 2.45) is 0 Å². The first-order chi connectivity index (χ1) is 18.9. The Morgan fingerprint density at radius 2 is 1.92 bits per heavy atom. The van der Waals surface area contributed by atoms with Crippen LogP contribution in [0.1, 0.15) is 17.5 Å². The highest BCUT2D eigenvalue weighted by atomic mass is 35.5. The maximum atomic E-state index is 16.2. The molecule has 2 amide bonds. The minimum Gasteiger partial charge on any atom is -0.507 e. The predicted molar refractivity (Wildman–Crippen MR) is 148 cm³/mol. The summed E-state index contributed by atoms with van der Waals surface area (Å²) in [5.41, 5.74) is 4.12. The van der Waals surface area contributed by atoms with Crippen LogP contribution in [-0.2, 0) is 4.87 Å². The van der Waals surface area contributed by atoms with Gasteiger partial charge in [-0.15, -0.1) is 11.6 Å². The number of pyridine rings is 1. The fourth-order valence-electron chi connectivity index (χ4n) is 5.58. The highest BCUT2D eigenvalue weighted by molar-refractivity contribution is 6.27. The number of carbonyl (C=O) groups is 1. The fourth-order valence-corrected chi connectivity index (χ4v) is 6.02. The molecule has 0 bridgehead atoms. The van der Waals surface area contributed by atoms with Gasteiger partial charge in [-0.25, -0.2) is 9.18 Å². The highest BCUT2D eigenvalue weighted by Gasteiger charge is 2.47. The molecule has 1 aliphatic carbocycles. The molecule has 1 aromatic carbocycles. The van der Waals surface area contributed by atoms with Crippen molar-refractivity contribution in [3.63, 3.8) is 0 Å². The molecule has 202 valence electrons. The average molecular weight is 550 g/mol. The average Bonchev–Trinajstić information content (AvgIpc) is 3.60. The van der Waals surface area contributed by atoms with Gasteiger partial charge in [-0.3, -0.25) is 15.0 Å². The van der Waals surface area contributed by atoms with Crippen LogP contribution in [0.15, 0.2) is 66.5 Å². The number of rotatable bonds is 5. The zero-order valence-corrected chi connectivity index (χ0v) is 22.2. The number of nitrogens with one attached hydrogen (secondary N) is 2. The summed E-state index contributed by atoms with van der Waals surface area (Å²) < 4.78 is 16.2. The van der Waals surface area contributed by atoms with Gasteiger partial charge >= 0.3 is 6.03 Å². The van der Waals surface area contributed by atoms with Gasteiger partial charge in [-0.2, -0.15) is 5.10 Å². The van der Waals surface area contributed by atoms with Crippen molar-refractivity contribution < 1.29 is 14.3 Å². The SMILES string of the molecule is CN1CCN(C2=C(F)C=C(c3ccccc3O)CC2(Cl)c2cnc(-c3cn[nH]c3)c(N3CCNCC3)c2)C1=O. The Bertz CT molecular complexity index is 1470. The maximum Gasteiger partial charge on any atom is 0.324 e. The zero-order valence-electron chi connectivity index (χ0n) is 21.5. The normalized spacial score (nSPS) is 22.1. The van der Waals surface area contributed by atoms with Crippen molar-refractivity contribution in [1.29, 1.82) is 0 Å². The van der Waals surface area contributed by atoms with Crippen molar-refractivity contribution >= 4 is 28.9 Å². The molecule has 1 atom stereocenters. The molecule has 1 unspecified atom stereocenters. The molecule has 0 spiro atoms. The van der Waals surface area contributed by atoms with Crippen LogP contribution < -0.4 is 10.2 Å². The summed E-state index contributed by atoms with van der Waals surface area (Å²) in [4.78, 5) is 21.7. The number of aromatic nitrogens is 3. The Morgan fingerprint density at radius 3 is 2.62 bits per heavy atom. The number of H-pyrrole nitrogens is 1. The molecule has 2 aliphatic heterocycles. The Hall–Kier alpha value is -3.89. The van der Waals surface area contributed by atoms with E-state index in [4.69, 9.17) is 16.6 Å². The molecule has 0 saturated carbocycles. The first-order valence-corrected chi connectivity index (χ1v) is 13.3. The van der Waals surface area contributed by atoms with Gasteiger partial charge in [0.15, 0.2) is 0 Å². The number of piperazine rings is 1. The number of likely N-dealkylation sites (N-methyl/N-ethyl adjacent to an activating group) is 1. The molecular weight excluding hydrogens is 521 g/mol. The second-order valence-corrected chi connectivity index (χ2v) is 10.7. The number of anilines is 1. The molecular formula is C28H29ClFN7O2. The number of alkyl halides is 1. The Labute approximate surface area is 230 Å². The van der Waals surface area contributed by atoms with E-state index < -0.39 is 10.7 Å². The van der Waals surface area contributed by atoms with E-state index in [-0.39, 0.29) is 23.9 Å². The molecule has 11 heteroatoms. The molecule has 4 heterocycles. The number of amides is 2. The maximum absolute atomic E-state index is 16.2. The molecule has 6 rings (SSSR count). The van der Waals surface area contributed by atoms with E-state index in [9.17, 15) is 9.90 Å². The number of allylic oxidation sites excluding steroid dienone is 4.